The van der Waals surface area contributed by atoms with Crippen LogP contribution in [0.15, 0.2) is 40.7 Å². The van der Waals surface area contributed by atoms with E-state index >= 15 is 0 Å². The van der Waals surface area contributed by atoms with Crippen molar-refractivity contribution in [3.8, 4) is 0 Å². The second-order valence-electron chi connectivity index (χ2n) is 7.03. The Morgan fingerprint density at radius 2 is 1.93 bits per heavy atom. The molecule has 0 aliphatic carbocycles. The summed E-state index contributed by atoms with van der Waals surface area (Å²) in [7, 11) is -3.75. The number of nitrogens with zero attached hydrogens (tertiary/aromatic N) is 3. The first-order valence-corrected chi connectivity index (χ1v) is 12.3. The average Bonchev–Trinajstić information content (AvgIpc) is 3.27. The summed E-state index contributed by atoms with van der Waals surface area (Å²) in [6, 6.07) is 6.02. The molecule has 10 heteroatoms. The number of nitrogens with one attached hydrogen (secondary N) is 1. The number of hydrogen-bond donors (Lipinski definition) is 1. The molecule has 1 unspecified atom stereocenters. The molecule has 0 saturated carbocycles. The second kappa shape index (κ2) is 9.67. The van der Waals surface area contributed by atoms with Crippen molar-refractivity contribution < 1.29 is 18.0 Å². The standard InChI is InChI=1S/C20H26N4O4S2/c1-3-23(4-2)19(26)15-7-9-17(10-8-15)30(27,28)24-12-5-6-16(14-24)18(25)22-20-21-11-13-29-20/h7-11,13,16H,3-6,12,14H2,1-2H3,(H,21,22,25). The number of amides is 2. The fourth-order valence-corrected chi connectivity index (χ4v) is 5.53. The number of piperidine rings is 1. The topological polar surface area (TPSA) is 99.7 Å². The van der Waals surface area contributed by atoms with Crippen LogP contribution in [0.25, 0.3) is 0 Å². The maximum Gasteiger partial charge on any atom is 0.253 e. The summed E-state index contributed by atoms with van der Waals surface area (Å²) >= 11 is 1.32. The summed E-state index contributed by atoms with van der Waals surface area (Å²) in [6.07, 6.45) is 2.83. The van der Waals surface area contributed by atoms with Gasteiger partial charge in [0, 0.05) is 43.3 Å². The minimum atomic E-state index is -3.75. The van der Waals surface area contributed by atoms with E-state index in [1.165, 1.54) is 27.8 Å². The number of carbonyl (C=O) groups excluding carboxylic acids is 2. The van der Waals surface area contributed by atoms with Crippen molar-refractivity contribution in [2.24, 2.45) is 5.92 Å². The molecular weight excluding hydrogens is 424 g/mol. The minimum Gasteiger partial charge on any atom is -0.339 e. The highest BCUT2D eigenvalue weighted by molar-refractivity contribution is 7.89. The van der Waals surface area contributed by atoms with Crippen LogP contribution >= 0.6 is 11.3 Å². The molecule has 2 aromatic rings. The highest BCUT2D eigenvalue weighted by Crippen LogP contribution is 2.25. The fourth-order valence-electron chi connectivity index (χ4n) is 3.48. The molecule has 1 saturated heterocycles. The highest BCUT2D eigenvalue weighted by atomic mass is 32.2. The van der Waals surface area contributed by atoms with Crippen molar-refractivity contribution in [1.29, 1.82) is 0 Å². The number of anilines is 1. The molecule has 1 aliphatic rings. The largest absolute Gasteiger partial charge is 0.339 e. The fraction of sp³-hybridized carbons (Fsp3) is 0.450. The molecule has 162 valence electrons. The molecule has 8 nitrogen and oxygen atoms in total. The van der Waals surface area contributed by atoms with E-state index in [2.05, 4.69) is 10.3 Å². The maximum atomic E-state index is 13.1. The molecule has 1 aromatic heterocycles. The first-order chi connectivity index (χ1) is 14.4. The third-order valence-corrected chi connectivity index (χ3v) is 7.77. The minimum absolute atomic E-state index is 0.124. The molecule has 0 spiro atoms. The molecule has 2 amide bonds. The molecule has 0 radical (unpaired) electrons. The number of benzene rings is 1. The van der Waals surface area contributed by atoms with E-state index in [1.54, 1.807) is 28.6 Å². The first-order valence-electron chi connectivity index (χ1n) is 9.96. The molecule has 1 fully saturated rings. The maximum absolute atomic E-state index is 13.1. The molecule has 30 heavy (non-hydrogen) atoms. The summed E-state index contributed by atoms with van der Waals surface area (Å²) < 4.78 is 27.5. The summed E-state index contributed by atoms with van der Waals surface area (Å²) in [4.78, 5) is 30.8. The zero-order chi connectivity index (χ0) is 21.7. The zero-order valence-electron chi connectivity index (χ0n) is 17.1. The predicted molar refractivity (Wildman–Crippen MR) is 116 cm³/mol. The van der Waals surface area contributed by atoms with Crippen LogP contribution in [0.1, 0.15) is 37.0 Å². The first kappa shape index (κ1) is 22.4. The SMILES string of the molecule is CCN(CC)C(=O)c1ccc(S(=O)(=O)N2CCCC(C(=O)Nc3nccs3)C2)cc1. The van der Waals surface area contributed by atoms with Gasteiger partial charge in [-0.25, -0.2) is 13.4 Å². The Labute approximate surface area is 181 Å². The quantitative estimate of drug-likeness (QED) is 0.699. The smallest absolute Gasteiger partial charge is 0.253 e. The molecule has 1 N–H and O–H groups in total. The average molecular weight is 451 g/mol. The van der Waals surface area contributed by atoms with Crippen LogP contribution in [-0.4, -0.2) is 60.6 Å². The lowest BCUT2D eigenvalue weighted by molar-refractivity contribution is -0.120. The van der Waals surface area contributed by atoms with Crippen LogP contribution in [0.5, 0.6) is 0 Å². The zero-order valence-corrected chi connectivity index (χ0v) is 18.7. The van der Waals surface area contributed by atoms with Crippen LogP contribution in [0.4, 0.5) is 5.13 Å². The molecule has 1 aromatic carbocycles. The van der Waals surface area contributed by atoms with Crippen LogP contribution < -0.4 is 5.32 Å². The van der Waals surface area contributed by atoms with E-state index in [0.717, 1.165) is 0 Å². The Hall–Kier alpha value is -2.30. The van der Waals surface area contributed by atoms with E-state index in [4.69, 9.17) is 0 Å². The molecule has 3 rings (SSSR count). The molecular formula is C20H26N4O4S2. The highest BCUT2D eigenvalue weighted by Gasteiger charge is 2.33. The van der Waals surface area contributed by atoms with E-state index in [9.17, 15) is 18.0 Å². The van der Waals surface area contributed by atoms with Gasteiger partial charge in [0.15, 0.2) is 5.13 Å². The van der Waals surface area contributed by atoms with Crippen LogP contribution in [0, 0.1) is 5.92 Å². The second-order valence-corrected chi connectivity index (χ2v) is 9.86. The normalized spacial score (nSPS) is 17.5. The van der Waals surface area contributed by atoms with Crippen molar-refractivity contribution >= 4 is 38.3 Å². The molecule has 1 atom stereocenters. The van der Waals surface area contributed by atoms with E-state index in [0.29, 0.717) is 43.2 Å². The third-order valence-electron chi connectivity index (χ3n) is 5.21. The molecule has 1 aliphatic heterocycles. The van der Waals surface area contributed by atoms with E-state index in [-0.39, 0.29) is 23.3 Å². The van der Waals surface area contributed by atoms with Gasteiger partial charge in [-0.2, -0.15) is 4.31 Å². The van der Waals surface area contributed by atoms with Gasteiger partial charge < -0.3 is 10.2 Å². The van der Waals surface area contributed by atoms with Gasteiger partial charge in [-0.15, -0.1) is 11.3 Å². The Bertz CT molecular complexity index is 971. The van der Waals surface area contributed by atoms with E-state index < -0.39 is 15.9 Å². The van der Waals surface area contributed by atoms with Crippen LogP contribution in [-0.2, 0) is 14.8 Å². The number of hydrogen-bond acceptors (Lipinski definition) is 6. The summed E-state index contributed by atoms with van der Waals surface area (Å²) in [5.74, 6) is -0.771. The number of aromatic nitrogens is 1. The van der Waals surface area contributed by atoms with Crippen molar-refractivity contribution in [2.75, 3.05) is 31.5 Å². The van der Waals surface area contributed by atoms with Crippen molar-refractivity contribution in [3.63, 3.8) is 0 Å². The Balaban J connectivity index is 1.71. The predicted octanol–water partition coefficient (Wildman–Crippen LogP) is 2.66. The molecule has 0 bridgehead atoms. The van der Waals surface area contributed by atoms with E-state index in [1.807, 2.05) is 13.8 Å². The number of thiazole rings is 1. The van der Waals surface area contributed by atoms with Gasteiger partial charge in [0.05, 0.1) is 10.8 Å². The number of carbonyl (C=O) groups is 2. The Kier molecular flexibility index (Phi) is 7.22. The van der Waals surface area contributed by atoms with Gasteiger partial charge in [-0.1, -0.05) is 0 Å². The number of rotatable bonds is 7. The van der Waals surface area contributed by atoms with Crippen LogP contribution in [0.2, 0.25) is 0 Å². The van der Waals surface area contributed by atoms with Gasteiger partial charge in [0.25, 0.3) is 5.91 Å². The lowest BCUT2D eigenvalue weighted by Crippen LogP contribution is -2.43. The Morgan fingerprint density at radius 3 is 2.53 bits per heavy atom. The summed E-state index contributed by atoms with van der Waals surface area (Å²) in [6.45, 7) is 5.47. The van der Waals surface area contributed by atoms with Gasteiger partial charge in [0.2, 0.25) is 15.9 Å². The van der Waals surface area contributed by atoms with Gasteiger partial charge in [-0.3, -0.25) is 9.59 Å². The van der Waals surface area contributed by atoms with Crippen molar-refractivity contribution in [1.82, 2.24) is 14.2 Å². The van der Waals surface area contributed by atoms with Crippen molar-refractivity contribution in [3.05, 3.63) is 41.4 Å². The summed E-state index contributed by atoms with van der Waals surface area (Å²) in [5.41, 5.74) is 0.456. The Morgan fingerprint density at radius 1 is 1.23 bits per heavy atom. The lowest BCUT2D eigenvalue weighted by atomic mass is 9.99. The lowest BCUT2D eigenvalue weighted by Gasteiger charge is -2.31. The molecule has 2 heterocycles. The monoisotopic (exact) mass is 450 g/mol. The number of sulfonamides is 1. The van der Waals surface area contributed by atoms with Gasteiger partial charge >= 0.3 is 0 Å². The van der Waals surface area contributed by atoms with Gasteiger partial charge in [-0.05, 0) is 51.0 Å². The third kappa shape index (κ3) is 4.88. The van der Waals surface area contributed by atoms with Crippen molar-refractivity contribution in [2.45, 2.75) is 31.6 Å². The van der Waals surface area contributed by atoms with Crippen LogP contribution in [0.3, 0.4) is 0 Å². The van der Waals surface area contributed by atoms with Gasteiger partial charge in [0.1, 0.15) is 0 Å². The summed E-state index contributed by atoms with van der Waals surface area (Å²) in [5, 5.41) is 5.02.